The third-order valence-corrected chi connectivity index (χ3v) is 4.69. The van der Waals surface area contributed by atoms with E-state index in [2.05, 4.69) is 0 Å². The Hall–Kier alpha value is -4.05. The summed E-state index contributed by atoms with van der Waals surface area (Å²) in [5.41, 5.74) is 3.28. The number of hydrogen-bond donors (Lipinski definition) is 0. The summed E-state index contributed by atoms with van der Waals surface area (Å²) in [6.45, 7) is 0.154. The molecule has 0 amide bonds. The molecule has 30 heavy (non-hydrogen) atoms. The van der Waals surface area contributed by atoms with Gasteiger partial charge in [0.2, 0.25) is 18.5 Å². The summed E-state index contributed by atoms with van der Waals surface area (Å²) in [5.74, 6) is -0.0686. The number of benzene rings is 3. The summed E-state index contributed by atoms with van der Waals surface area (Å²) in [4.78, 5) is 24.9. The Morgan fingerprint density at radius 3 is 2.00 bits per heavy atom. The van der Waals surface area contributed by atoms with Crippen LogP contribution in [0.3, 0.4) is 0 Å². The Kier molecular flexibility index (Phi) is 5.76. The van der Waals surface area contributed by atoms with E-state index >= 15 is 0 Å². The molecular formula is C26H20NO3+. The van der Waals surface area contributed by atoms with Gasteiger partial charge in [0.05, 0.1) is 5.56 Å². The van der Waals surface area contributed by atoms with Crippen molar-refractivity contribution in [3.63, 3.8) is 0 Å². The van der Waals surface area contributed by atoms with E-state index in [1.807, 2.05) is 60.7 Å². The smallest absolute Gasteiger partial charge is 0.343 e. The molecule has 1 heterocycles. The molecule has 0 aliphatic carbocycles. The lowest BCUT2D eigenvalue weighted by Gasteiger charge is -2.05. The molecule has 4 nitrogen and oxygen atoms in total. The average Bonchev–Trinajstić information content (AvgIpc) is 2.80. The van der Waals surface area contributed by atoms with Gasteiger partial charge in [0.1, 0.15) is 0 Å². The predicted molar refractivity (Wildman–Crippen MR) is 114 cm³/mol. The molecule has 146 valence electrons. The maximum atomic E-state index is 12.7. The highest BCUT2D eigenvalue weighted by Gasteiger charge is 2.15. The van der Waals surface area contributed by atoms with Gasteiger partial charge in [-0.1, -0.05) is 72.8 Å². The number of rotatable bonds is 6. The average molecular weight is 394 g/mol. The molecule has 0 radical (unpaired) electrons. The fourth-order valence-corrected chi connectivity index (χ4v) is 3.13. The maximum absolute atomic E-state index is 12.7. The van der Waals surface area contributed by atoms with Crippen LogP contribution in [0.4, 0.5) is 0 Å². The zero-order valence-electron chi connectivity index (χ0n) is 16.3. The lowest BCUT2D eigenvalue weighted by atomic mass is 10.0. The summed E-state index contributed by atoms with van der Waals surface area (Å²) >= 11 is 0. The number of aromatic nitrogens is 1. The van der Waals surface area contributed by atoms with Crippen molar-refractivity contribution < 1.29 is 18.9 Å². The van der Waals surface area contributed by atoms with Crippen molar-refractivity contribution in [3.8, 4) is 16.9 Å². The summed E-state index contributed by atoms with van der Waals surface area (Å²) in [5, 5.41) is 0. The van der Waals surface area contributed by atoms with Gasteiger partial charge in [0, 0.05) is 11.6 Å². The lowest BCUT2D eigenvalue weighted by molar-refractivity contribution is -0.683. The fraction of sp³-hybridized carbons (Fsp3) is 0.0385. The van der Waals surface area contributed by atoms with E-state index in [-0.39, 0.29) is 12.3 Å². The van der Waals surface area contributed by atoms with Crippen molar-refractivity contribution in [1.29, 1.82) is 0 Å². The molecule has 3 aromatic carbocycles. The van der Waals surface area contributed by atoms with Crippen molar-refractivity contribution in [2.45, 2.75) is 6.54 Å². The van der Waals surface area contributed by atoms with Gasteiger partial charge in [-0.25, -0.2) is 4.79 Å². The first-order valence-electron chi connectivity index (χ1n) is 9.64. The molecule has 0 atom stereocenters. The van der Waals surface area contributed by atoms with Crippen LogP contribution in [0.5, 0.6) is 5.75 Å². The number of Topliss-reactive ketones (excluding diaryl/α,β-unsaturated/α-hetero) is 1. The topological polar surface area (TPSA) is 47.2 Å². The molecule has 4 rings (SSSR count). The molecule has 0 fully saturated rings. The van der Waals surface area contributed by atoms with Gasteiger partial charge in [0.15, 0.2) is 11.9 Å². The van der Waals surface area contributed by atoms with Crippen LogP contribution >= 0.6 is 0 Å². The Labute approximate surface area is 175 Å². The zero-order chi connectivity index (χ0) is 20.8. The second-order valence-electron chi connectivity index (χ2n) is 6.83. The second kappa shape index (κ2) is 8.97. The Bertz CT molecular complexity index is 1150. The molecule has 0 bridgehead atoms. The van der Waals surface area contributed by atoms with Crippen LogP contribution in [0.15, 0.2) is 109 Å². The molecule has 0 saturated carbocycles. The minimum absolute atomic E-state index is 0.0221. The number of pyridine rings is 1. The van der Waals surface area contributed by atoms with Crippen molar-refractivity contribution >= 4 is 11.8 Å². The number of carbonyl (C=O) groups excluding carboxylic acids is 2. The van der Waals surface area contributed by atoms with E-state index in [4.69, 9.17) is 4.74 Å². The maximum Gasteiger partial charge on any atom is 0.343 e. The fourth-order valence-electron chi connectivity index (χ4n) is 3.13. The molecule has 0 unspecified atom stereocenters. The number of hydrogen-bond acceptors (Lipinski definition) is 3. The van der Waals surface area contributed by atoms with E-state index in [1.54, 1.807) is 53.4 Å². The summed E-state index contributed by atoms with van der Waals surface area (Å²) < 4.78 is 7.13. The highest BCUT2D eigenvalue weighted by molar-refractivity contribution is 5.95. The van der Waals surface area contributed by atoms with Gasteiger partial charge in [-0.2, -0.15) is 4.57 Å². The van der Waals surface area contributed by atoms with Crippen molar-refractivity contribution in [2.24, 2.45) is 0 Å². The van der Waals surface area contributed by atoms with E-state index in [9.17, 15) is 9.59 Å². The van der Waals surface area contributed by atoms with Crippen molar-refractivity contribution in [3.05, 3.63) is 121 Å². The molecule has 0 aliphatic heterocycles. The van der Waals surface area contributed by atoms with E-state index in [0.717, 1.165) is 11.1 Å². The minimum atomic E-state index is -0.434. The first-order chi connectivity index (χ1) is 14.7. The van der Waals surface area contributed by atoms with Crippen molar-refractivity contribution in [1.82, 2.24) is 0 Å². The third kappa shape index (κ3) is 4.67. The van der Waals surface area contributed by atoms with Crippen LogP contribution in [0.2, 0.25) is 0 Å². The minimum Gasteiger partial charge on any atom is -0.417 e. The highest BCUT2D eigenvalue weighted by Crippen LogP contribution is 2.19. The zero-order valence-corrected chi connectivity index (χ0v) is 16.3. The molecule has 0 saturated heterocycles. The van der Waals surface area contributed by atoms with Crippen LogP contribution in [0.1, 0.15) is 20.7 Å². The van der Waals surface area contributed by atoms with Crippen LogP contribution in [-0.2, 0) is 6.54 Å². The molecule has 0 N–H and O–H groups in total. The third-order valence-electron chi connectivity index (χ3n) is 4.69. The van der Waals surface area contributed by atoms with Crippen LogP contribution in [0, 0.1) is 0 Å². The largest absolute Gasteiger partial charge is 0.417 e. The first-order valence-corrected chi connectivity index (χ1v) is 9.64. The van der Waals surface area contributed by atoms with Gasteiger partial charge in [-0.15, -0.1) is 0 Å². The predicted octanol–water partition coefficient (Wildman–Crippen LogP) is 4.74. The Morgan fingerprint density at radius 2 is 1.30 bits per heavy atom. The number of ketones is 1. The monoisotopic (exact) mass is 394 g/mol. The number of carbonyl (C=O) groups is 2. The van der Waals surface area contributed by atoms with E-state index in [1.165, 1.54) is 0 Å². The SMILES string of the molecule is O=C(C[n+]1cccc(OC(=O)c2ccccc2)c1)c1ccc(-c2ccccc2)cc1. The van der Waals surface area contributed by atoms with E-state index < -0.39 is 5.97 Å². The number of nitrogens with zero attached hydrogens (tertiary/aromatic N) is 1. The normalized spacial score (nSPS) is 10.4. The van der Waals surface area contributed by atoms with Gasteiger partial charge in [-0.05, 0) is 29.3 Å². The lowest BCUT2D eigenvalue weighted by Crippen LogP contribution is -2.37. The Balaban J connectivity index is 1.43. The molecule has 0 spiro atoms. The van der Waals surface area contributed by atoms with Crippen LogP contribution in [0.25, 0.3) is 11.1 Å². The molecule has 4 heteroatoms. The van der Waals surface area contributed by atoms with Crippen LogP contribution in [-0.4, -0.2) is 11.8 Å². The Morgan fingerprint density at radius 1 is 0.667 bits per heavy atom. The van der Waals surface area contributed by atoms with Gasteiger partial charge >= 0.3 is 5.97 Å². The molecule has 4 aromatic rings. The quantitative estimate of drug-likeness (QED) is 0.270. The second-order valence-corrected chi connectivity index (χ2v) is 6.83. The molecule has 0 aliphatic rings. The van der Waals surface area contributed by atoms with E-state index in [0.29, 0.717) is 16.9 Å². The summed E-state index contributed by atoms with van der Waals surface area (Å²) in [7, 11) is 0. The number of ether oxygens (including phenoxy) is 1. The molecule has 1 aromatic heterocycles. The molecular weight excluding hydrogens is 374 g/mol. The first kappa shape index (κ1) is 19.3. The van der Waals surface area contributed by atoms with Gasteiger partial charge < -0.3 is 4.74 Å². The standard InChI is InChI=1S/C26H20NO3/c28-25(22-15-13-21(14-16-22)20-8-3-1-4-9-20)19-27-17-7-12-24(18-27)30-26(29)23-10-5-2-6-11-23/h1-18H,19H2/q+1. The number of esters is 1. The van der Waals surface area contributed by atoms with Crippen molar-refractivity contribution in [2.75, 3.05) is 0 Å². The summed E-state index contributed by atoms with van der Waals surface area (Å²) in [6.07, 6.45) is 3.42. The summed E-state index contributed by atoms with van der Waals surface area (Å²) in [6, 6.07) is 29.8. The highest BCUT2D eigenvalue weighted by atomic mass is 16.5. The van der Waals surface area contributed by atoms with Crippen LogP contribution < -0.4 is 9.30 Å². The van der Waals surface area contributed by atoms with Gasteiger partial charge in [-0.3, -0.25) is 4.79 Å². The van der Waals surface area contributed by atoms with Gasteiger partial charge in [0.25, 0.3) is 0 Å².